The SMILES string of the molecule is O=C(Cn1nnc(-c2ccccc2)n1)NN=Cc1cc([N+](=O)[O-])c(N2CCCCC2)cc1N1CCCCC1. The lowest BCUT2D eigenvalue weighted by atomic mass is 10.0. The predicted molar refractivity (Wildman–Crippen MR) is 144 cm³/mol. The lowest BCUT2D eigenvalue weighted by Gasteiger charge is -2.33. The van der Waals surface area contributed by atoms with Crippen molar-refractivity contribution in [3.63, 3.8) is 0 Å². The number of amides is 1. The Kier molecular flexibility index (Phi) is 7.86. The second kappa shape index (κ2) is 11.8. The van der Waals surface area contributed by atoms with Crippen LogP contribution in [0.3, 0.4) is 0 Å². The van der Waals surface area contributed by atoms with Crippen molar-refractivity contribution < 1.29 is 9.72 Å². The fraction of sp³-hybridized carbons (Fsp3) is 0.423. The van der Waals surface area contributed by atoms with Gasteiger partial charge in [-0.15, -0.1) is 10.2 Å². The van der Waals surface area contributed by atoms with Crippen LogP contribution in [0.5, 0.6) is 0 Å². The molecule has 0 aliphatic carbocycles. The molecule has 198 valence electrons. The molecule has 1 amide bonds. The lowest BCUT2D eigenvalue weighted by Crippen LogP contribution is -2.32. The van der Waals surface area contributed by atoms with E-state index in [4.69, 9.17) is 0 Å². The third kappa shape index (κ3) is 5.96. The first-order valence-corrected chi connectivity index (χ1v) is 13.1. The molecule has 1 N–H and O–H groups in total. The molecule has 2 aromatic carbocycles. The molecule has 0 bridgehead atoms. The van der Waals surface area contributed by atoms with Gasteiger partial charge in [0.1, 0.15) is 12.2 Å². The number of piperidine rings is 2. The largest absolute Gasteiger partial charge is 0.371 e. The third-order valence-electron chi connectivity index (χ3n) is 6.88. The Hall–Kier alpha value is -4.35. The molecular formula is C26H31N9O3. The number of hydrogen-bond acceptors (Lipinski definition) is 9. The average Bonchev–Trinajstić information content (AvgIpc) is 3.42. The van der Waals surface area contributed by atoms with Crippen LogP contribution in [-0.2, 0) is 11.3 Å². The molecule has 12 heteroatoms. The first-order valence-electron chi connectivity index (χ1n) is 13.1. The quantitative estimate of drug-likeness (QED) is 0.273. The number of anilines is 2. The van der Waals surface area contributed by atoms with E-state index in [1.807, 2.05) is 36.4 Å². The number of carbonyl (C=O) groups is 1. The Morgan fingerprint density at radius 2 is 1.63 bits per heavy atom. The molecule has 1 aromatic heterocycles. The zero-order chi connectivity index (χ0) is 26.3. The molecule has 0 radical (unpaired) electrons. The van der Waals surface area contributed by atoms with Gasteiger partial charge >= 0.3 is 0 Å². The number of nitro groups is 1. The van der Waals surface area contributed by atoms with Crippen LogP contribution in [0.4, 0.5) is 17.1 Å². The number of carbonyl (C=O) groups excluding carboxylic acids is 1. The number of rotatable bonds is 8. The van der Waals surface area contributed by atoms with Crippen LogP contribution in [-0.4, -0.2) is 63.4 Å². The highest BCUT2D eigenvalue weighted by atomic mass is 16.6. The fourth-order valence-corrected chi connectivity index (χ4v) is 4.98. The van der Waals surface area contributed by atoms with Gasteiger partial charge in [0.15, 0.2) is 0 Å². The van der Waals surface area contributed by atoms with Gasteiger partial charge in [0.2, 0.25) is 5.82 Å². The van der Waals surface area contributed by atoms with Crippen molar-refractivity contribution in [2.24, 2.45) is 5.10 Å². The minimum Gasteiger partial charge on any atom is -0.371 e. The van der Waals surface area contributed by atoms with Crippen LogP contribution in [0, 0.1) is 10.1 Å². The number of hydrazone groups is 1. The summed E-state index contributed by atoms with van der Waals surface area (Å²) in [4.78, 5) is 29.8. The van der Waals surface area contributed by atoms with Gasteiger partial charge in [-0.2, -0.15) is 9.90 Å². The third-order valence-corrected chi connectivity index (χ3v) is 6.88. The number of hydrogen-bond donors (Lipinski definition) is 1. The summed E-state index contributed by atoms with van der Waals surface area (Å²) in [5, 5.41) is 28.3. The van der Waals surface area contributed by atoms with Crippen molar-refractivity contribution in [3.05, 3.63) is 58.1 Å². The number of nitrogens with one attached hydrogen (secondary N) is 1. The fourth-order valence-electron chi connectivity index (χ4n) is 4.98. The van der Waals surface area contributed by atoms with E-state index in [2.05, 4.69) is 35.7 Å². The summed E-state index contributed by atoms with van der Waals surface area (Å²) in [6.07, 6.45) is 7.99. The number of aromatic nitrogens is 4. The van der Waals surface area contributed by atoms with Crippen molar-refractivity contribution in [2.45, 2.75) is 45.1 Å². The van der Waals surface area contributed by atoms with Gasteiger partial charge in [0, 0.05) is 49.1 Å². The molecule has 12 nitrogen and oxygen atoms in total. The van der Waals surface area contributed by atoms with Crippen LogP contribution >= 0.6 is 0 Å². The first-order chi connectivity index (χ1) is 18.6. The molecule has 0 unspecified atom stereocenters. The number of tetrazole rings is 1. The molecule has 2 aliphatic rings. The van der Waals surface area contributed by atoms with E-state index in [1.165, 1.54) is 17.4 Å². The topological polar surface area (TPSA) is 135 Å². The Labute approximate surface area is 220 Å². The molecule has 3 aromatic rings. The number of benzene rings is 2. The Morgan fingerprint density at radius 1 is 0.974 bits per heavy atom. The maximum absolute atomic E-state index is 12.5. The smallest absolute Gasteiger partial charge is 0.293 e. The van der Waals surface area contributed by atoms with Gasteiger partial charge in [-0.25, -0.2) is 5.43 Å². The minimum atomic E-state index is -0.433. The van der Waals surface area contributed by atoms with Gasteiger partial charge in [-0.05, 0) is 49.8 Å². The summed E-state index contributed by atoms with van der Waals surface area (Å²) in [6, 6.07) is 12.9. The van der Waals surface area contributed by atoms with E-state index in [1.54, 1.807) is 6.07 Å². The maximum Gasteiger partial charge on any atom is 0.293 e. The van der Waals surface area contributed by atoms with Crippen LogP contribution < -0.4 is 15.2 Å². The molecule has 0 spiro atoms. The average molecular weight is 518 g/mol. The Morgan fingerprint density at radius 3 is 2.29 bits per heavy atom. The van der Waals surface area contributed by atoms with Crippen LogP contribution in [0.25, 0.3) is 11.4 Å². The minimum absolute atomic E-state index is 0.0562. The molecular weight excluding hydrogens is 486 g/mol. The summed E-state index contributed by atoms with van der Waals surface area (Å²) in [6.45, 7) is 3.22. The summed E-state index contributed by atoms with van der Waals surface area (Å²) in [5.74, 6) is -0.00796. The number of nitro benzene ring substituents is 1. The van der Waals surface area contributed by atoms with Gasteiger partial charge in [0.05, 0.1) is 11.1 Å². The second-order valence-corrected chi connectivity index (χ2v) is 9.55. The van der Waals surface area contributed by atoms with Crippen molar-refractivity contribution >= 4 is 29.2 Å². The molecule has 2 aliphatic heterocycles. The maximum atomic E-state index is 12.5. The van der Waals surface area contributed by atoms with Crippen LogP contribution in [0.1, 0.15) is 44.1 Å². The monoisotopic (exact) mass is 517 g/mol. The summed E-state index contributed by atoms with van der Waals surface area (Å²) >= 11 is 0. The molecule has 0 saturated carbocycles. The highest BCUT2D eigenvalue weighted by molar-refractivity contribution is 5.93. The molecule has 3 heterocycles. The van der Waals surface area contributed by atoms with Gasteiger partial charge in [-0.1, -0.05) is 30.3 Å². The van der Waals surface area contributed by atoms with E-state index >= 15 is 0 Å². The number of nitrogens with zero attached hydrogens (tertiary/aromatic N) is 8. The lowest BCUT2D eigenvalue weighted by molar-refractivity contribution is -0.384. The van der Waals surface area contributed by atoms with E-state index in [9.17, 15) is 14.9 Å². The molecule has 2 saturated heterocycles. The van der Waals surface area contributed by atoms with Crippen molar-refractivity contribution in [3.8, 4) is 11.4 Å². The van der Waals surface area contributed by atoms with Crippen LogP contribution in [0.15, 0.2) is 47.6 Å². The Bertz CT molecular complexity index is 1300. The van der Waals surface area contributed by atoms with Gasteiger partial charge < -0.3 is 9.80 Å². The van der Waals surface area contributed by atoms with Crippen molar-refractivity contribution in [1.82, 2.24) is 25.6 Å². The molecule has 0 atom stereocenters. The highest BCUT2D eigenvalue weighted by Crippen LogP contribution is 2.37. The van der Waals surface area contributed by atoms with Gasteiger partial charge in [0.25, 0.3) is 11.6 Å². The van der Waals surface area contributed by atoms with E-state index in [0.29, 0.717) is 17.1 Å². The van der Waals surface area contributed by atoms with Crippen molar-refractivity contribution in [2.75, 3.05) is 36.0 Å². The summed E-state index contributed by atoms with van der Waals surface area (Å²) in [7, 11) is 0. The second-order valence-electron chi connectivity index (χ2n) is 9.55. The summed E-state index contributed by atoms with van der Waals surface area (Å²) in [5.41, 5.74) is 5.51. The first kappa shape index (κ1) is 25.3. The highest BCUT2D eigenvalue weighted by Gasteiger charge is 2.26. The standard InChI is InChI=1S/C26H31N9O3/c36-25(19-34-30-26(29-31-34)20-10-4-1-5-11-20)28-27-18-21-16-24(35(37)38)23(33-14-8-3-9-15-33)17-22(21)32-12-6-2-7-13-32/h1,4-5,10-11,16-18H,2-3,6-9,12-15,19H2,(H,28,36). The van der Waals surface area contributed by atoms with E-state index in [0.717, 1.165) is 69.5 Å². The molecule has 38 heavy (non-hydrogen) atoms. The normalized spacial score (nSPS) is 16.1. The van der Waals surface area contributed by atoms with Crippen LogP contribution in [0.2, 0.25) is 0 Å². The zero-order valence-electron chi connectivity index (χ0n) is 21.2. The molecule has 5 rings (SSSR count). The van der Waals surface area contributed by atoms with Gasteiger partial charge in [-0.3, -0.25) is 14.9 Å². The molecule has 2 fully saturated rings. The summed E-state index contributed by atoms with van der Waals surface area (Å²) < 4.78 is 0. The predicted octanol–water partition coefficient (Wildman–Crippen LogP) is 3.38. The van der Waals surface area contributed by atoms with E-state index in [-0.39, 0.29) is 17.2 Å². The Balaban J connectivity index is 1.34. The van der Waals surface area contributed by atoms with E-state index < -0.39 is 5.91 Å². The zero-order valence-corrected chi connectivity index (χ0v) is 21.2. The van der Waals surface area contributed by atoms with Crippen molar-refractivity contribution in [1.29, 1.82) is 0 Å².